The van der Waals surface area contributed by atoms with Gasteiger partial charge in [0.05, 0.1) is 23.8 Å². The Morgan fingerprint density at radius 1 is 1.36 bits per heavy atom. The van der Waals surface area contributed by atoms with Crippen LogP contribution in [0.25, 0.3) is 0 Å². The first-order chi connectivity index (χ1) is 5.47. The molecule has 0 spiro atoms. The van der Waals surface area contributed by atoms with Gasteiger partial charge in [-0.1, -0.05) is 0 Å². The maximum Gasteiger partial charge on any atom is 0.0987 e. The molecule has 0 fully saturated rings. The molecule has 0 radical (unpaired) electrons. The van der Waals surface area contributed by atoms with Crippen LogP contribution in [0.15, 0.2) is 45.9 Å². The molecule has 0 aliphatic carbocycles. The standard InChI is InChI=1S/C8H5N3/c1-2-7-8(6-9-3-1)11-5-4-10-7/h1-2,5-6,11H. The molecule has 2 aliphatic rings. The van der Waals surface area contributed by atoms with Gasteiger partial charge in [0.25, 0.3) is 0 Å². The third-order valence-electron chi connectivity index (χ3n) is 1.34. The summed E-state index contributed by atoms with van der Waals surface area (Å²) in [5.74, 6) is 5.41. The molecule has 0 saturated heterocycles. The third kappa shape index (κ3) is 1.06. The zero-order valence-electron chi connectivity index (χ0n) is 5.70. The van der Waals surface area contributed by atoms with E-state index >= 15 is 0 Å². The minimum atomic E-state index is 0.834. The van der Waals surface area contributed by atoms with Crippen LogP contribution in [0.3, 0.4) is 0 Å². The lowest BCUT2D eigenvalue weighted by molar-refractivity contribution is 1.04. The highest BCUT2D eigenvalue weighted by Crippen LogP contribution is 2.11. The van der Waals surface area contributed by atoms with E-state index < -0.39 is 0 Å². The van der Waals surface area contributed by atoms with Crippen molar-refractivity contribution in [1.82, 2.24) is 5.32 Å². The highest BCUT2D eigenvalue weighted by Gasteiger charge is 2.03. The number of hydrogen-bond acceptors (Lipinski definition) is 3. The molecule has 11 heavy (non-hydrogen) atoms. The SMILES string of the molecule is C1=CC=C2N=C=CNC2=CN=1. The molecule has 52 valence electrons. The maximum absolute atomic E-state index is 4.00. The Bertz CT molecular complexity index is 359. The van der Waals surface area contributed by atoms with E-state index in [-0.39, 0.29) is 0 Å². The number of nitrogens with zero attached hydrogens (tertiary/aromatic N) is 2. The van der Waals surface area contributed by atoms with Crippen LogP contribution in [0, 0.1) is 0 Å². The molecule has 2 rings (SSSR count). The van der Waals surface area contributed by atoms with Crippen LogP contribution in [0.4, 0.5) is 0 Å². The van der Waals surface area contributed by atoms with Gasteiger partial charge >= 0.3 is 0 Å². The molecule has 0 atom stereocenters. The van der Waals surface area contributed by atoms with Crippen LogP contribution in [0.2, 0.25) is 0 Å². The van der Waals surface area contributed by atoms with Crippen molar-refractivity contribution in [2.45, 2.75) is 0 Å². The third-order valence-corrected chi connectivity index (χ3v) is 1.34. The van der Waals surface area contributed by atoms with Crippen molar-refractivity contribution < 1.29 is 0 Å². The molecule has 2 heterocycles. The summed E-state index contributed by atoms with van der Waals surface area (Å²) in [5, 5.41) is 2.97. The minimum Gasteiger partial charge on any atom is -0.351 e. The summed E-state index contributed by atoms with van der Waals surface area (Å²) in [6, 6.07) is 0. The molecule has 0 aromatic carbocycles. The highest BCUT2D eigenvalue weighted by molar-refractivity contribution is 5.63. The Morgan fingerprint density at radius 2 is 2.36 bits per heavy atom. The van der Waals surface area contributed by atoms with Crippen molar-refractivity contribution >= 4 is 11.7 Å². The van der Waals surface area contributed by atoms with Crippen LogP contribution < -0.4 is 5.32 Å². The molecule has 0 amide bonds. The maximum atomic E-state index is 4.00. The second-order valence-corrected chi connectivity index (χ2v) is 2.05. The topological polar surface area (TPSA) is 36.8 Å². The lowest BCUT2D eigenvalue weighted by Crippen LogP contribution is -2.09. The number of hydrogen-bond donors (Lipinski definition) is 1. The van der Waals surface area contributed by atoms with E-state index in [2.05, 4.69) is 27.0 Å². The normalized spacial score (nSPS) is 18.2. The fraction of sp³-hybridized carbons (Fsp3) is 0. The fourth-order valence-electron chi connectivity index (χ4n) is 0.838. The molecular weight excluding hydrogens is 138 g/mol. The van der Waals surface area contributed by atoms with Gasteiger partial charge in [-0.15, -0.1) is 0 Å². The number of aliphatic imine (C=N–C) groups is 2. The summed E-state index contributed by atoms with van der Waals surface area (Å²) in [4.78, 5) is 7.87. The van der Waals surface area contributed by atoms with Crippen molar-refractivity contribution in [1.29, 1.82) is 0 Å². The first kappa shape index (κ1) is 5.93. The van der Waals surface area contributed by atoms with Crippen LogP contribution in [-0.2, 0) is 0 Å². The molecule has 2 aliphatic heterocycles. The summed E-state index contributed by atoms with van der Waals surface area (Å²) in [5.41, 5.74) is 1.71. The van der Waals surface area contributed by atoms with E-state index in [0.29, 0.717) is 0 Å². The number of fused-ring (bicyclic) bond motifs is 1. The highest BCUT2D eigenvalue weighted by atomic mass is 15.0. The molecule has 0 bridgehead atoms. The van der Waals surface area contributed by atoms with Gasteiger partial charge in [-0.25, -0.2) is 9.98 Å². The summed E-state index contributed by atoms with van der Waals surface area (Å²) >= 11 is 0. The predicted octanol–water partition coefficient (Wildman–Crippen LogP) is 0.738. The first-order valence-corrected chi connectivity index (χ1v) is 3.21. The van der Waals surface area contributed by atoms with Crippen molar-refractivity contribution in [2.75, 3.05) is 0 Å². The summed E-state index contributed by atoms with van der Waals surface area (Å²) in [6.07, 6.45) is 6.87. The van der Waals surface area contributed by atoms with Gasteiger partial charge in [-0.05, 0) is 11.9 Å². The molecular formula is C8H5N3. The second-order valence-electron chi connectivity index (χ2n) is 2.05. The monoisotopic (exact) mass is 143 g/mol. The van der Waals surface area contributed by atoms with Gasteiger partial charge in [-0.3, -0.25) is 0 Å². The van der Waals surface area contributed by atoms with E-state index in [0.717, 1.165) is 11.4 Å². The predicted molar refractivity (Wildman–Crippen MR) is 43.3 cm³/mol. The van der Waals surface area contributed by atoms with Crippen LogP contribution in [0.5, 0.6) is 0 Å². The van der Waals surface area contributed by atoms with Gasteiger partial charge in [0.2, 0.25) is 0 Å². The lowest BCUT2D eigenvalue weighted by atomic mass is 10.3. The average molecular weight is 143 g/mol. The van der Waals surface area contributed by atoms with Crippen LogP contribution in [-0.4, -0.2) is 11.7 Å². The molecule has 3 heteroatoms. The fourth-order valence-corrected chi connectivity index (χ4v) is 0.838. The first-order valence-electron chi connectivity index (χ1n) is 3.21. The minimum absolute atomic E-state index is 0.834. The zero-order chi connectivity index (χ0) is 7.52. The zero-order valence-corrected chi connectivity index (χ0v) is 5.70. The largest absolute Gasteiger partial charge is 0.351 e. The Hall–Kier alpha value is -1.82. The van der Waals surface area contributed by atoms with E-state index in [1.165, 1.54) is 0 Å². The molecule has 0 aromatic heterocycles. The molecule has 0 aromatic rings. The molecule has 0 saturated carbocycles. The Kier molecular flexibility index (Phi) is 1.31. The van der Waals surface area contributed by atoms with Crippen molar-refractivity contribution in [2.24, 2.45) is 9.98 Å². The number of allylic oxidation sites excluding steroid dienone is 2. The van der Waals surface area contributed by atoms with Crippen LogP contribution >= 0.6 is 0 Å². The van der Waals surface area contributed by atoms with E-state index in [1.54, 1.807) is 18.5 Å². The molecule has 1 N–H and O–H groups in total. The van der Waals surface area contributed by atoms with Gasteiger partial charge < -0.3 is 5.32 Å². The Balaban J connectivity index is 2.52. The summed E-state index contributed by atoms with van der Waals surface area (Å²) in [6.45, 7) is 0. The van der Waals surface area contributed by atoms with E-state index in [1.807, 2.05) is 6.08 Å². The Morgan fingerprint density at radius 3 is 3.36 bits per heavy atom. The van der Waals surface area contributed by atoms with Gasteiger partial charge in [-0.2, -0.15) is 0 Å². The summed E-state index contributed by atoms with van der Waals surface area (Å²) in [7, 11) is 0. The van der Waals surface area contributed by atoms with Crippen molar-refractivity contribution in [3.63, 3.8) is 0 Å². The molecule has 0 unspecified atom stereocenters. The lowest BCUT2D eigenvalue weighted by Gasteiger charge is -2.05. The smallest absolute Gasteiger partial charge is 0.0987 e. The Labute approximate surface area is 63.9 Å². The number of nitrogens with one attached hydrogen (secondary N) is 1. The number of rotatable bonds is 0. The van der Waals surface area contributed by atoms with Crippen LogP contribution in [0.1, 0.15) is 0 Å². The van der Waals surface area contributed by atoms with Gasteiger partial charge in [0, 0.05) is 11.9 Å². The average Bonchev–Trinajstić information content (AvgIpc) is 2.28. The van der Waals surface area contributed by atoms with Crippen molar-refractivity contribution in [3.8, 4) is 0 Å². The molecule has 3 nitrogen and oxygen atoms in total. The van der Waals surface area contributed by atoms with Gasteiger partial charge in [0.15, 0.2) is 0 Å². The second kappa shape index (κ2) is 2.43. The summed E-state index contributed by atoms with van der Waals surface area (Å²) < 4.78 is 0. The van der Waals surface area contributed by atoms with E-state index in [4.69, 9.17) is 0 Å². The van der Waals surface area contributed by atoms with Gasteiger partial charge in [0.1, 0.15) is 0 Å². The van der Waals surface area contributed by atoms with E-state index in [9.17, 15) is 0 Å². The quantitative estimate of drug-likeness (QED) is 0.533. The van der Waals surface area contributed by atoms with Crippen molar-refractivity contribution in [3.05, 3.63) is 35.9 Å².